The number of anilines is 1. The SMILES string of the molecule is Cc1ccc(-c2cc(=O)n(CC(=O)Nc3ccc(Br)cc3)cn2)cc1. The molecule has 1 aromatic heterocycles. The van der Waals surface area contributed by atoms with E-state index in [1.54, 1.807) is 12.1 Å². The van der Waals surface area contributed by atoms with E-state index >= 15 is 0 Å². The first-order valence-corrected chi connectivity index (χ1v) is 8.49. The summed E-state index contributed by atoms with van der Waals surface area (Å²) in [5.74, 6) is -0.283. The minimum Gasteiger partial charge on any atom is -0.325 e. The maximum atomic E-state index is 12.2. The second-order valence-electron chi connectivity index (χ2n) is 5.66. The van der Waals surface area contributed by atoms with Crippen molar-refractivity contribution in [3.8, 4) is 11.3 Å². The number of nitrogens with one attached hydrogen (secondary N) is 1. The lowest BCUT2D eigenvalue weighted by Gasteiger charge is -2.08. The fourth-order valence-electron chi connectivity index (χ4n) is 2.32. The van der Waals surface area contributed by atoms with Crippen molar-refractivity contribution >= 4 is 27.5 Å². The summed E-state index contributed by atoms with van der Waals surface area (Å²) >= 11 is 3.34. The average molecular weight is 398 g/mol. The Morgan fingerprint density at radius 2 is 1.80 bits per heavy atom. The van der Waals surface area contributed by atoms with E-state index in [2.05, 4.69) is 26.2 Å². The largest absolute Gasteiger partial charge is 0.325 e. The minimum atomic E-state index is -0.283. The molecule has 3 aromatic rings. The van der Waals surface area contributed by atoms with Gasteiger partial charge in [-0.2, -0.15) is 0 Å². The number of carbonyl (C=O) groups excluding carboxylic acids is 1. The minimum absolute atomic E-state index is 0.0872. The number of nitrogens with zero attached hydrogens (tertiary/aromatic N) is 2. The second kappa shape index (κ2) is 7.44. The van der Waals surface area contributed by atoms with Crippen LogP contribution in [0.25, 0.3) is 11.3 Å². The predicted molar refractivity (Wildman–Crippen MR) is 101 cm³/mol. The maximum absolute atomic E-state index is 12.2. The Balaban J connectivity index is 1.72. The van der Waals surface area contributed by atoms with E-state index in [4.69, 9.17) is 0 Å². The highest BCUT2D eigenvalue weighted by Gasteiger charge is 2.07. The van der Waals surface area contributed by atoms with Gasteiger partial charge in [0.1, 0.15) is 6.54 Å². The Morgan fingerprint density at radius 3 is 2.44 bits per heavy atom. The van der Waals surface area contributed by atoms with Gasteiger partial charge in [0.2, 0.25) is 5.91 Å². The standard InChI is InChI=1S/C19H16BrN3O2/c1-13-2-4-14(5-3-13)17-10-19(25)23(12-21-17)11-18(24)22-16-8-6-15(20)7-9-16/h2-10,12H,11H2,1H3,(H,22,24). The lowest BCUT2D eigenvalue weighted by molar-refractivity contribution is -0.116. The van der Waals surface area contributed by atoms with Crippen molar-refractivity contribution in [3.63, 3.8) is 0 Å². The summed E-state index contributed by atoms with van der Waals surface area (Å²) in [4.78, 5) is 28.6. The molecule has 0 radical (unpaired) electrons. The van der Waals surface area contributed by atoms with Crippen LogP contribution < -0.4 is 10.9 Å². The van der Waals surface area contributed by atoms with Gasteiger partial charge in [-0.3, -0.25) is 14.2 Å². The summed E-state index contributed by atoms with van der Waals surface area (Å²) in [5, 5.41) is 2.75. The Bertz CT molecular complexity index is 948. The number of aryl methyl sites for hydroxylation is 1. The first-order chi connectivity index (χ1) is 12.0. The monoisotopic (exact) mass is 397 g/mol. The van der Waals surface area contributed by atoms with E-state index in [0.29, 0.717) is 11.4 Å². The normalized spacial score (nSPS) is 10.5. The van der Waals surface area contributed by atoms with Gasteiger partial charge in [0.25, 0.3) is 5.56 Å². The smallest absolute Gasteiger partial charge is 0.254 e. The Morgan fingerprint density at radius 1 is 1.12 bits per heavy atom. The quantitative estimate of drug-likeness (QED) is 0.730. The molecular weight excluding hydrogens is 382 g/mol. The van der Waals surface area contributed by atoms with E-state index in [9.17, 15) is 9.59 Å². The first-order valence-electron chi connectivity index (χ1n) is 7.70. The van der Waals surface area contributed by atoms with Crippen molar-refractivity contribution < 1.29 is 4.79 Å². The molecule has 0 bridgehead atoms. The number of benzene rings is 2. The summed E-state index contributed by atoms with van der Waals surface area (Å²) in [7, 11) is 0. The molecule has 1 N–H and O–H groups in total. The summed E-state index contributed by atoms with van der Waals surface area (Å²) < 4.78 is 2.21. The van der Waals surface area contributed by atoms with Crippen molar-refractivity contribution in [1.29, 1.82) is 0 Å². The second-order valence-corrected chi connectivity index (χ2v) is 6.58. The lowest BCUT2D eigenvalue weighted by atomic mass is 10.1. The maximum Gasteiger partial charge on any atom is 0.254 e. The van der Waals surface area contributed by atoms with Crippen LogP contribution in [0.15, 0.2) is 70.2 Å². The molecular formula is C19H16BrN3O2. The van der Waals surface area contributed by atoms with E-state index in [0.717, 1.165) is 15.6 Å². The average Bonchev–Trinajstić information content (AvgIpc) is 2.59. The molecule has 3 rings (SSSR count). The van der Waals surface area contributed by atoms with Gasteiger partial charge in [-0.1, -0.05) is 45.8 Å². The van der Waals surface area contributed by atoms with Crippen LogP contribution in [-0.4, -0.2) is 15.5 Å². The lowest BCUT2D eigenvalue weighted by Crippen LogP contribution is -2.27. The molecule has 1 heterocycles. The number of rotatable bonds is 4. The number of hydrogen-bond donors (Lipinski definition) is 1. The Hall–Kier alpha value is -2.73. The van der Waals surface area contributed by atoms with Crippen LogP contribution in [0.1, 0.15) is 5.56 Å². The van der Waals surface area contributed by atoms with Crippen LogP contribution in [0.4, 0.5) is 5.69 Å². The van der Waals surface area contributed by atoms with E-state index in [1.807, 2.05) is 43.3 Å². The zero-order chi connectivity index (χ0) is 17.8. The molecule has 5 nitrogen and oxygen atoms in total. The van der Waals surface area contributed by atoms with Crippen molar-refractivity contribution in [2.45, 2.75) is 13.5 Å². The molecule has 0 saturated heterocycles. The van der Waals surface area contributed by atoms with Gasteiger partial charge < -0.3 is 5.32 Å². The molecule has 0 atom stereocenters. The van der Waals surface area contributed by atoms with E-state index in [-0.39, 0.29) is 18.0 Å². The molecule has 0 spiro atoms. The van der Waals surface area contributed by atoms with Crippen LogP contribution in [-0.2, 0) is 11.3 Å². The van der Waals surface area contributed by atoms with Gasteiger partial charge in [0, 0.05) is 21.8 Å². The molecule has 0 aliphatic heterocycles. The van der Waals surface area contributed by atoms with Gasteiger partial charge in [0.05, 0.1) is 12.0 Å². The van der Waals surface area contributed by atoms with E-state index in [1.165, 1.54) is 17.0 Å². The molecule has 1 amide bonds. The molecule has 0 saturated carbocycles. The van der Waals surface area contributed by atoms with Crippen LogP contribution in [0.3, 0.4) is 0 Å². The van der Waals surface area contributed by atoms with Gasteiger partial charge >= 0.3 is 0 Å². The summed E-state index contributed by atoms with van der Waals surface area (Å²) in [6, 6.07) is 16.4. The van der Waals surface area contributed by atoms with Crippen LogP contribution in [0.2, 0.25) is 0 Å². The van der Waals surface area contributed by atoms with E-state index < -0.39 is 0 Å². The Kier molecular flexibility index (Phi) is 5.09. The topological polar surface area (TPSA) is 64.0 Å². The summed E-state index contributed by atoms with van der Waals surface area (Å²) in [6.07, 6.45) is 1.40. The van der Waals surface area contributed by atoms with Gasteiger partial charge in [0.15, 0.2) is 0 Å². The molecule has 0 unspecified atom stereocenters. The predicted octanol–water partition coefficient (Wildman–Crippen LogP) is 3.62. The van der Waals surface area contributed by atoms with Crippen LogP contribution >= 0.6 is 15.9 Å². The molecule has 0 aliphatic carbocycles. The van der Waals surface area contributed by atoms with Crippen molar-refractivity contribution in [1.82, 2.24) is 9.55 Å². The summed E-state index contributed by atoms with van der Waals surface area (Å²) in [6.45, 7) is 1.91. The fourth-order valence-corrected chi connectivity index (χ4v) is 2.58. The summed E-state index contributed by atoms with van der Waals surface area (Å²) in [5.41, 5.74) is 3.01. The molecule has 25 heavy (non-hydrogen) atoms. The number of halogens is 1. The molecule has 6 heteroatoms. The number of aromatic nitrogens is 2. The van der Waals surface area contributed by atoms with Gasteiger partial charge in [-0.15, -0.1) is 0 Å². The highest BCUT2D eigenvalue weighted by molar-refractivity contribution is 9.10. The zero-order valence-corrected chi connectivity index (χ0v) is 15.2. The first kappa shape index (κ1) is 17.1. The third-order valence-electron chi connectivity index (χ3n) is 3.67. The van der Waals surface area contributed by atoms with Gasteiger partial charge in [-0.05, 0) is 31.2 Å². The van der Waals surface area contributed by atoms with Crippen LogP contribution in [0.5, 0.6) is 0 Å². The van der Waals surface area contributed by atoms with Crippen molar-refractivity contribution in [2.75, 3.05) is 5.32 Å². The molecule has 126 valence electrons. The fraction of sp³-hybridized carbons (Fsp3) is 0.105. The van der Waals surface area contributed by atoms with Crippen LogP contribution in [0, 0.1) is 6.92 Å². The third-order valence-corrected chi connectivity index (χ3v) is 4.20. The third kappa shape index (κ3) is 4.42. The number of carbonyl (C=O) groups is 1. The molecule has 0 aliphatic rings. The van der Waals surface area contributed by atoms with Gasteiger partial charge in [-0.25, -0.2) is 4.98 Å². The molecule has 0 fully saturated rings. The van der Waals surface area contributed by atoms with Crippen molar-refractivity contribution in [2.24, 2.45) is 0 Å². The number of hydrogen-bond acceptors (Lipinski definition) is 3. The van der Waals surface area contributed by atoms with Crippen molar-refractivity contribution in [3.05, 3.63) is 81.3 Å². The highest BCUT2D eigenvalue weighted by atomic mass is 79.9. The Labute approximate surface area is 153 Å². The zero-order valence-electron chi connectivity index (χ0n) is 13.6. The number of amides is 1. The highest BCUT2D eigenvalue weighted by Crippen LogP contribution is 2.16. The molecule has 2 aromatic carbocycles.